The number of nitrogens with zero attached hydrogens (tertiary/aromatic N) is 2. The van der Waals surface area contributed by atoms with E-state index >= 15 is 0 Å². The molecule has 1 rings (SSSR count). The van der Waals surface area contributed by atoms with Crippen LogP contribution in [0.5, 0.6) is 0 Å². The first-order valence-electron chi connectivity index (χ1n) is 6.24. The van der Waals surface area contributed by atoms with Crippen LogP contribution in [0.4, 0.5) is 0 Å². The second kappa shape index (κ2) is 6.21. The van der Waals surface area contributed by atoms with E-state index in [9.17, 15) is 4.79 Å². The lowest BCUT2D eigenvalue weighted by Crippen LogP contribution is -2.48. The zero-order valence-electron chi connectivity index (χ0n) is 10.8. The second-order valence-corrected chi connectivity index (χ2v) is 4.97. The van der Waals surface area contributed by atoms with Gasteiger partial charge in [0.2, 0.25) is 5.91 Å². The topological polar surface area (TPSA) is 49.6 Å². The molecule has 4 nitrogen and oxygen atoms in total. The van der Waals surface area contributed by atoms with E-state index in [1.807, 2.05) is 11.8 Å². The molecule has 1 saturated heterocycles. The van der Waals surface area contributed by atoms with Crippen LogP contribution < -0.4 is 5.73 Å². The Morgan fingerprint density at radius 2 is 2.25 bits per heavy atom. The second-order valence-electron chi connectivity index (χ2n) is 4.97. The SMILES string of the molecule is CCC(N)CC(=O)N1CCCC(N(C)C)C1. The van der Waals surface area contributed by atoms with E-state index < -0.39 is 0 Å². The highest BCUT2D eigenvalue weighted by Gasteiger charge is 2.25. The van der Waals surface area contributed by atoms with E-state index in [0.717, 1.165) is 25.9 Å². The summed E-state index contributed by atoms with van der Waals surface area (Å²) in [5, 5.41) is 0. The summed E-state index contributed by atoms with van der Waals surface area (Å²) in [6, 6.07) is 0.530. The molecule has 0 saturated carbocycles. The monoisotopic (exact) mass is 227 g/mol. The van der Waals surface area contributed by atoms with Crippen LogP contribution in [0.15, 0.2) is 0 Å². The van der Waals surface area contributed by atoms with E-state index in [2.05, 4.69) is 19.0 Å². The molecule has 0 radical (unpaired) electrons. The van der Waals surface area contributed by atoms with Gasteiger partial charge in [0.05, 0.1) is 0 Å². The van der Waals surface area contributed by atoms with Crippen LogP contribution in [0.1, 0.15) is 32.6 Å². The van der Waals surface area contributed by atoms with Gasteiger partial charge in [0, 0.05) is 31.6 Å². The minimum atomic E-state index is 0.0206. The maximum Gasteiger partial charge on any atom is 0.224 e. The molecular weight excluding hydrogens is 202 g/mol. The lowest BCUT2D eigenvalue weighted by molar-refractivity contribution is -0.133. The van der Waals surface area contributed by atoms with Crippen molar-refractivity contribution in [1.82, 2.24) is 9.80 Å². The first-order chi connectivity index (χ1) is 7.54. The molecule has 0 spiro atoms. The van der Waals surface area contributed by atoms with Crippen LogP contribution in [0.3, 0.4) is 0 Å². The molecule has 0 aromatic carbocycles. The third-order valence-electron chi connectivity index (χ3n) is 3.44. The van der Waals surface area contributed by atoms with Crippen LogP contribution in [0.2, 0.25) is 0 Å². The van der Waals surface area contributed by atoms with Gasteiger partial charge in [-0.25, -0.2) is 0 Å². The number of rotatable bonds is 4. The zero-order valence-corrected chi connectivity index (χ0v) is 10.8. The Balaban J connectivity index is 2.44. The number of hydrogen-bond acceptors (Lipinski definition) is 3. The molecule has 1 amide bonds. The minimum absolute atomic E-state index is 0.0206. The number of hydrogen-bond donors (Lipinski definition) is 1. The Morgan fingerprint density at radius 1 is 1.56 bits per heavy atom. The average molecular weight is 227 g/mol. The Kier molecular flexibility index (Phi) is 5.22. The van der Waals surface area contributed by atoms with Crippen molar-refractivity contribution in [3.05, 3.63) is 0 Å². The van der Waals surface area contributed by atoms with Crippen LogP contribution >= 0.6 is 0 Å². The number of carbonyl (C=O) groups is 1. The summed E-state index contributed by atoms with van der Waals surface area (Å²) < 4.78 is 0. The fourth-order valence-corrected chi connectivity index (χ4v) is 2.10. The summed E-state index contributed by atoms with van der Waals surface area (Å²) in [5.74, 6) is 0.223. The molecule has 0 aromatic heterocycles. The Bertz CT molecular complexity index is 230. The molecule has 0 bridgehead atoms. The molecule has 0 aromatic rings. The minimum Gasteiger partial charge on any atom is -0.341 e. The van der Waals surface area contributed by atoms with Crippen LogP contribution in [0.25, 0.3) is 0 Å². The van der Waals surface area contributed by atoms with Gasteiger partial charge in [-0.1, -0.05) is 6.92 Å². The lowest BCUT2D eigenvalue weighted by atomic mass is 10.0. The number of amides is 1. The maximum atomic E-state index is 12.0. The van der Waals surface area contributed by atoms with Gasteiger partial charge in [0.25, 0.3) is 0 Å². The van der Waals surface area contributed by atoms with Gasteiger partial charge in [-0.3, -0.25) is 4.79 Å². The number of piperidine rings is 1. The van der Waals surface area contributed by atoms with Crippen LogP contribution in [-0.4, -0.2) is 55.0 Å². The smallest absolute Gasteiger partial charge is 0.224 e. The van der Waals surface area contributed by atoms with E-state index in [1.54, 1.807) is 0 Å². The summed E-state index contributed by atoms with van der Waals surface area (Å²) in [4.78, 5) is 16.1. The third kappa shape index (κ3) is 3.76. The van der Waals surface area contributed by atoms with Crippen LogP contribution in [0, 0.1) is 0 Å². The molecule has 2 atom stereocenters. The standard InChI is InChI=1S/C12H25N3O/c1-4-10(13)8-12(16)15-7-5-6-11(9-15)14(2)3/h10-11H,4-9,13H2,1-3H3. The van der Waals surface area contributed by atoms with Crippen molar-refractivity contribution in [2.45, 2.75) is 44.7 Å². The first-order valence-corrected chi connectivity index (χ1v) is 6.24. The summed E-state index contributed by atoms with van der Waals surface area (Å²) in [6.07, 6.45) is 3.67. The van der Waals surface area contributed by atoms with E-state index in [4.69, 9.17) is 5.73 Å². The molecule has 2 unspecified atom stereocenters. The summed E-state index contributed by atoms with van der Waals surface area (Å²) >= 11 is 0. The highest BCUT2D eigenvalue weighted by atomic mass is 16.2. The zero-order chi connectivity index (χ0) is 12.1. The van der Waals surface area contributed by atoms with Crippen molar-refractivity contribution in [1.29, 1.82) is 0 Å². The van der Waals surface area contributed by atoms with Crippen LogP contribution in [-0.2, 0) is 4.79 Å². The fraction of sp³-hybridized carbons (Fsp3) is 0.917. The van der Waals surface area contributed by atoms with Crippen molar-refractivity contribution in [2.24, 2.45) is 5.73 Å². The van der Waals surface area contributed by atoms with Crippen molar-refractivity contribution in [3.8, 4) is 0 Å². The van der Waals surface area contributed by atoms with E-state index in [-0.39, 0.29) is 11.9 Å². The summed E-state index contributed by atoms with van der Waals surface area (Å²) in [6.45, 7) is 3.79. The van der Waals surface area contributed by atoms with E-state index in [1.165, 1.54) is 6.42 Å². The van der Waals surface area contributed by atoms with E-state index in [0.29, 0.717) is 12.5 Å². The van der Waals surface area contributed by atoms with Gasteiger partial charge >= 0.3 is 0 Å². The lowest BCUT2D eigenvalue weighted by Gasteiger charge is -2.36. The molecule has 1 aliphatic heterocycles. The number of likely N-dealkylation sites (N-methyl/N-ethyl adjacent to an activating group) is 1. The molecule has 1 aliphatic rings. The van der Waals surface area contributed by atoms with Crippen molar-refractivity contribution in [2.75, 3.05) is 27.2 Å². The molecule has 1 fully saturated rings. The average Bonchev–Trinajstić information content (AvgIpc) is 2.28. The number of nitrogens with two attached hydrogens (primary N) is 1. The van der Waals surface area contributed by atoms with Crippen molar-refractivity contribution in [3.63, 3.8) is 0 Å². The Labute approximate surface area is 98.8 Å². The molecule has 4 heteroatoms. The Morgan fingerprint density at radius 3 is 2.81 bits per heavy atom. The fourth-order valence-electron chi connectivity index (χ4n) is 2.10. The van der Waals surface area contributed by atoms with Gasteiger partial charge in [0.1, 0.15) is 0 Å². The van der Waals surface area contributed by atoms with Gasteiger partial charge in [-0.05, 0) is 33.4 Å². The quantitative estimate of drug-likeness (QED) is 0.768. The normalized spacial score (nSPS) is 23.6. The van der Waals surface area contributed by atoms with Gasteiger partial charge in [0.15, 0.2) is 0 Å². The van der Waals surface area contributed by atoms with Gasteiger partial charge < -0.3 is 15.5 Å². The first kappa shape index (κ1) is 13.5. The maximum absolute atomic E-state index is 12.0. The summed E-state index contributed by atoms with van der Waals surface area (Å²) in [5.41, 5.74) is 5.82. The predicted molar refractivity (Wildman–Crippen MR) is 66.2 cm³/mol. The van der Waals surface area contributed by atoms with Gasteiger partial charge in [-0.15, -0.1) is 0 Å². The largest absolute Gasteiger partial charge is 0.341 e. The number of likely N-dealkylation sites (tertiary alicyclic amines) is 1. The highest BCUT2D eigenvalue weighted by Crippen LogP contribution is 2.15. The summed E-state index contributed by atoms with van der Waals surface area (Å²) in [7, 11) is 4.16. The highest BCUT2D eigenvalue weighted by molar-refractivity contribution is 5.76. The molecule has 0 aliphatic carbocycles. The van der Waals surface area contributed by atoms with Crippen molar-refractivity contribution < 1.29 is 4.79 Å². The third-order valence-corrected chi connectivity index (χ3v) is 3.44. The molecule has 2 N–H and O–H groups in total. The van der Waals surface area contributed by atoms with Crippen molar-refractivity contribution >= 4 is 5.91 Å². The molecule has 16 heavy (non-hydrogen) atoms. The Hall–Kier alpha value is -0.610. The van der Waals surface area contributed by atoms with Gasteiger partial charge in [-0.2, -0.15) is 0 Å². The molecule has 1 heterocycles. The number of carbonyl (C=O) groups excluding carboxylic acids is 1. The molecular formula is C12H25N3O. The predicted octanol–water partition coefficient (Wildman–Crippen LogP) is 0.666. The molecule has 94 valence electrons.